The van der Waals surface area contributed by atoms with Gasteiger partial charge in [0.05, 0.1) is 11.6 Å². The summed E-state index contributed by atoms with van der Waals surface area (Å²) in [5.74, 6) is 0. The van der Waals surface area contributed by atoms with Crippen molar-refractivity contribution in [3.8, 4) is 6.07 Å². The Morgan fingerprint density at radius 1 is 1.92 bits per heavy atom. The van der Waals surface area contributed by atoms with Gasteiger partial charge in [0.25, 0.3) is 0 Å². The normalized spacial score (nSPS) is 12.1. The van der Waals surface area contributed by atoms with Crippen molar-refractivity contribution in [3.63, 3.8) is 0 Å². The van der Waals surface area contributed by atoms with Crippen LogP contribution in [-0.4, -0.2) is 10.1 Å². The molecule has 0 bridgehead atoms. The van der Waals surface area contributed by atoms with Gasteiger partial charge in [-0.1, -0.05) is 6.58 Å². The molecule has 0 amide bonds. The highest BCUT2D eigenvalue weighted by molar-refractivity contribution is 7.09. The standard InChI is InChI=1S/C8H8N2OS/c1-5(3-9)7(11)8-10-6(2)4-12-8/h4,7,11H,1H2,2H3. The number of aromatic nitrogens is 1. The van der Waals surface area contributed by atoms with E-state index in [0.717, 1.165) is 5.69 Å². The van der Waals surface area contributed by atoms with Crippen molar-refractivity contribution >= 4 is 11.3 Å². The summed E-state index contributed by atoms with van der Waals surface area (Å²) in [6.07, 6.45) is -0.936. The van der Waals surface area contributed by atoms with Gasteiger partial charge in [0, 0.05) is 11.1 Å². The second kappa shape index (κ2) is 3.48. The largest absolute Gasteiger partial charge is 0.380 e. The van der Waals surface area contributed by atoms with Gasteiger partial charge in [-0.3, -0.25) is 0 Å². The molecule has 1 aromatic heterocycles. The minimum Gasteiger partial charge on any atom is -0.380 e. The summed E-state index contributed by atoms with van der Waals surface area (Å²) in [6, 6.07) is 1.79. The molecule has 0 spiro atoms. The Morgan fingerprint density at radius 2 is 2.58 bits per heavy atom. The van der Waals surface area contributed by atoms with E-state index in [9.17, 15) is 5.11 Å². The molecule has 0 aromatic carbocycles. The fourth-order valence-electron chi connectivity index (χ4n) is 0.708. The summed E-state index contributed by atoms with van der Waals surface area (Å²) in [5.41, 5.74) is 0.976. The lowest BCUT2D eigenvalue weighted by Gasteiger charge is -2.02. The molecule has 0 fully saturated rings. The lowest BCUT2D eigenvalue weighted by atomic mass is 10.2. The van der Waals surface area contributed by atoms with Crippen LogP contribution in [0, 0.1) is 18.3 Å². The van der Waals surface area contributed by atoms with Gasteiger partial charge >= 0.3 is 0 Å². The van der Waals surface area contributed by atoms with Crippen LogP contribution >= 0.6 is 11.3 Å². The summed E-state index contributed by atoms with van der Waals surface area (Å²) < 4.78 is 0. The van der Waals surface area contributed by atoms with Crippen LogP contribution in [0.3, 0.4) is 0 Å². The van der Waals surface area contributed by atoms with Gasteiger partial charge in [-0.25, -0.2) is 4.98 Å². The van der Waals surface area contributed by atoms with Gasteiger partial charge in [0.15, 0.2) is 0 Å². The molecule has 4 heteroatoms. The van der Waals surface area contributed by atoms with Crippen LogP contribution < -0.4 is 0 Å². The van der Waals surface area contributed by atoms with Crippen LogP contribution in [0.5, 0.6) is 0 Å². The van der Waals surface area contributed by atoms with Crippen molar-refractivity contribution in [1.82, 2.24) is 4.98 Å². The highest BCUT2D eigenvalue weighted by Gasteiger charge is 2.14. The molecule has 1 rings (SSSR count). The molecule has 1 heterocycles. The van der Waals surface area contributed by atoms with Crippen LogP contribution in [0.25, 0.3) is 0 Å². The zero-order valence-corrected chi connectivity index (χ0v) is 7.43. The van der Waals surface area contributed by atoms with Crippen molar-refractivity contribution in [1.29, 1.82) is 5.26 Å². The first-order chi connectivity index (χ1) is 5.65. The average molecular weight is 180 g/mol. The molecule has 1 unspecified atom stereocenters. The van der Waals surface area contributed by atoms with Crippen LogP contribution in [0.1, 0.15) is 16.8 Å². The number of nitrogens with zero attached hydrogens (tertiary/aromatic N) is 2. The van der Waals surface area contributed by atoms with E-state index in [-0.39, 0.29) is 5.57 Å². The summed E-state index contributed by atoms with van der Waals surface area (Å²) >= 11 is 1.33. The highest BCUT2D eigenvalue weighted by Crippen LogP contribution is 2.22. The summed E-state index contributed by atoms with van der Waals surface area (Å²) in [6.45, 7) is 5.25. The number of thiazole rings is 1. The van der Waals surface area contributed by atoms with E-state index in [2.05, 4.69) is 11.6 Å². The molecular weight excluding hydrogens is 172 g/mol. The zero-order valence-electron chi connectivity index (χ0n) is 6.61. The third-order valence-corrected chi connectivity index (χ3v) is 2.36. The SMILES string of the molecule is C=C(C#N)C(O)c1nc(C)cs1. The highest BCUT2D eigenvalue weighted by atomic mass is 32.1. The van der Waals surface area contributed by atoms with Gasteiger partial charge in [0.2, 0.25) is 0 Å². The van der Waals surface area contributed by atoms with Crippen LogP contribution in [0.4, 0.5) is 0 Å². The van der Waals surface area contributed by atoms with Gasteiger partial charge in [-0.15, -0.1) is 11.3 Å². The van der Waals surface area contributed by atoms with Crippen molar-refractivity contribution in [2.75, 3.05) is 0 Å². The second-order valence-electron chi connectivity index (χ2n) is 2.37. The first-order valence-electron chi connectivity index (χ1n) is 3.34. The number of aliphatic hydroxyl groups is 1. The molecular formula is C8H8N2OS. The Balaban J connectivity index is 2.86. The summed E-state index contributed by atoms with van der Waals surface area (Å²) in [4.78, 5) is 4.04. The van der Waals surface area contributed by atoms with E-state index in [1.807, 2.05) is 12.3 Å². The van der Waals surface area contributed by atoms with Crippen LogP contribution in [0.15, 0.2) is 17.5 Å². The van der Waals surface area contributed by atoms with Crippen molar-refractivity contribution < 1.29 is 5.11 Å². The quantitative estimate of drug-likeness (QED) is 0.703. The van der Waals surface area contributed by atoms with Crippen LogP contribution in [0.2, 0.25) is 0 Å². The van der Waals surface area contributed by atoms with Crippen molar-refractivity contribution in [3.05, 3.63) is 28.2 Å². The maximum absolute atomic E-state index is 9.43. The smallest absolute Gasteiger partial charge is 0.140 e. The number of hydrogen-bond acceptors (Lipinski definition) is 4. The molecule has 62 valence electrons. The van der Waals surface area contributed by atoms with Crippen molar-refractivity contribution in [2.45, 2.75) is 13.0 Å². The predicted octanol–water partition coefficient (Wildman–Crippen LogP) is 1.56. The molecule has 3 nitrogen and oxygen atoms in total. The van der Waals surface area contributed by atoms with E-state index in [0.29, 0.717) is 5.01 Å². The Bertz CT molecular complexity index is 337. The number of nitriles is 1. The van der Waals surface area contributed by atoms with Gasteiger partial charge in [-0.2, -0.15) is 5.26 Å². The van der Waals surface area contributed by atoms with Gasteiger partial charge in [-0.05, 0) is 6.92 Å². The van der Waals surface area contributed by atoms with E-state index in [1.54, 1.807) is 6.07 Å². The Labute approximate surface area is 74.6 Å². The predicted molar refractivity (Wildman–Crippen MR) is 46.6 cm³/mol. The van der Waals surface area contributed by atoms with Crippen molar-refractivity contribution in [2.24, 2.45) is 0 Å². The summed E-state index contributed by atoms with van der Waals surface area (Å²) in [7, 11) is 0. The number of aryl methyl sites for hydroxylation is 1. The van der Waals surface area contributed by atoms with E-state index >= 15 is 0 Å². The Kier molecular flexibility index (Phi) is 2.58. The first kappa shape index (κ1) is 8.91. The fourth-order valence-corrected chi connectivity index (χ4v) is 1.52. The lowest BCUT2D eigenvalue weighted by Crippen LogP contribution is -1.97. The van der Waals surface area contributed by atoms with E-state index in [4.69, 9.17) is 5.26 Å². The first-order valence-corrected chi connectivity index (χ1v) is 4.22. The molecule has 0 aliphatic rings. The van der Waals surface area contributed by atoms with Gasteiger partial charge < -0.3 is 5.11 Å². The zero-order chi connectivity index (χ0) is 9.14. The second-order valence-corrected chi connectivity index (χ2v) is 3.26. The Hall–Kier alpha value is -1.18. The third-order valence-electron chi connectivity index (χ3n) is 1.34. The average Bonchev–Trinajstić information content (AvgIpc) is 2.49. The lowest BCUT2D eigenvalue weighted by molar-refractivity contribution is 0.220. The molecule has 0 saturated heterocycles. The van der Waals surface area contributed by atoms with Gasteiger partial charge in [0.1, 0.15) is 11.1 Å². The molecule has 0 aliphatic heterocycles. The topological polar surface area (TPSA) is 56.9 Å². The minimum atomic E-state index is -0.936. The molecule has 0 saturated carbocycles. The number of rotatable bonds is 2. The Morgan fingerprint density at radius 3 is 3.00 bits per heavy atom. The third kappa shape index (κ3) is 1.70. The molecule has 12 heavy (non-hydrogen) atoms. The van der Waals surface area contributed by atoms with Crippen LogP contribution in [-0.2, 0) is 0 Å². The number of aliphatic hydroxyl groups excluding tert-OH is 1. The molecule has 1 N–H and O–H groups in total. The maximum Gasteiger partial charge on any atom is 0.140 e. The fraction of sp³-hybridized carbons (Fsp3) is 0.250. The summed E-state index contributed by atoms with van der Waals surface area (Å²) in [5, 5.41) is 20.2. The molecule has 1 aromatic rings. The number of hydrogen-bond donors (Lipinski definition) is 1. The minimum absolute atomic E-state index is 0.129. The molecule has 1 atom stereocenters. The van der Waals surface area contributed by atoms with E-state index in [1.165, 1.54) is 11.3 Å². The molecule has 0 aliphatic carbocycles. The van der Waals surface area contributed by atoms with E-state index < -0.39 is 6.10 Å². The molecule has 0 radical (unpaired) electrons. The maximum atomic E-state index is 9.43. The monoisotopic (exact) mass is 180 g/mol.